The zero-order valence-electron chi connectivity index (χ0n) is 25.0. The predicted molar refractivity (Wildman–Crippen MR) is 178 cm³/mol. The van der Waals surface area contributed by atoms with Gasteiger partial charge in [-0.05, 0) is 60.0 Å². The lowest BCUT2D eigenvalue weighted by Gasteiger charge is -2.11. The number of pyridine rings is 2. The van der Waals surface area contributed by atoms with E-state index in [0.29, 0.717) is 5.39 Å². The van der Waals surface area contributed by atoms with Crippen molar-refractivity contribution < 1.29 is 53.9 Å². The molecule has 6 rings (SSSR count). The zero-order valence-corrected chi connectivity index (χ0v) is 27.5. The van der Waals surface area contributed by atoms with E-state index in [0.717, 1.165) is 24.3 Å². The van der Waals surface area contributed by atoms with Crippen molar-refractivity contribution >= 4 is 97.3 Å². The summed E-state index contributed by atoms with van der Waals surface area (Å²) in [6.07, 6.45) is 1.20. The molecule has 2 aromatic heterocycles. The number of fused-ring (bicyclic) bond motifs is 3. The molecule has 0 saturated carbocycles. The number of phenols is 1. The van der Waals surface area contributed by atoms with Gasteiger partial charge in [0.05, 0.1) is 23.1 Å². The van der Waals surface area contributed by atoms with Gasteiger partial charge in [0, 0.05) is 16.2 Å². The second-order valence-corrected chi connectivity index (χ2v) is 14.7. The quantitative estimate of drug-likeness (QED) is 0.0635. The van der Waals surface area contributed by atoms with Crippen molar-refractivity contribution in [3.05, 3.63) is 78.6 Å². The number of nitrogen functional groups attached to an aromatic ring is 1. The van der Waals surface area contributed by atoms with Gasteiger partial charge in [-0.25, -0.2) is 9.78 Å². The number of aromatic hydroxyl groups is 1. The third-order valence-corrected chi connectivity index (χ3v) is 9.90. The van der Waals surface area contributed by atoms with E-state index >= 15 is 0 Å². The molecule has 22 heteroatoms. The van der Waals surface area contributed by atoms with Crippen molar-refractivity contribution in [1.29, 1.82) is 0 Å². The minimum atomic E-state index is -5.16. The first-order valence-corrected chi connectivity index (χ1v) is 18.1. The van der Waals surface area contributed by atoms with Gasteiger partial charge < -0.3 is 15.9 Å². The molecule has 51 heavy (non-hydrogen) atoms. The lowest BCUT2D eigenvalue weighted by molar-refractivity contribution is 0.0690. The molecule has 7 N–H and O–H groups in total. The molecular weight excluding hydrogens is 735 g/mol. The molecule has 4 aromatic carbocycles. The molecule has 0 aliphatic carbocycles. The van der Waals surface area contributed by atoms with Crippen LogP contribution < -0.4 is 5.73 Å². The van der Waals surface area contributed by atoms with Crippen LogP contribution >= 0.6 is 0 Å². The van der Waals surface area contributed by atoms with Crippen molar-refractivity contribution in [2.24, 2.45) is 20.5 Å². The summed E-state index contributed by atoms with van der Waals surface area (Å²) in [5.74, 6) is -2.32. The fourth-order valence-corrected chi connectivity index (χ4v) is 6.94. The number of phenolic OH excluding ortho intramolecular Hbond substituents is 1. The summed E-state index contributed by atoms with van der Waals surface area (Å²) in [5.41, 5.74) is 3.96. The second kappa shape index (κ2) is 12.4. The maximum absolute atomic E-state index is 12.3. The van der Waals surface area contributed by atoms with Gasteiger partial charge in [-0.15, -0.1) is 20.5 Å². The number of carbonyl (C=O) groups is 1. The number of aromatic nitrogens is 2. The molecule has 0 aliphatic rings. The van der Waals surface area contributed by atoms with Crippen molar-refractivity contribution in [1.82, 2.24) is 9.97 Å². The molecule has 0 saturated heterocycles. The third-order valence-electron chi connectivity index (χ3n) is 7.24. The Kier molecular flexibility index (Phi) is 8.45. The Bertz CT molecular complexity index is 2900. The smallest absolute Gasteiger partial charge is 0.354 e. The number of azo groups is 2. The van der Waals surface area contributed by atoms with Gasteiger partial charge in [-0.3, -0.25) is 18.6 Å². The molecule has 0 spiro atoms. The summed E-state index contributed by atoms with van der Waals surface area (Å²) in [4.78, 5) is 17.7. The Balaban J connectivity index is 1.47. The summed E-state index contributed by atoms with van der Waals surface area (Å²) < 4.78 is 100. The van der Waals surface area contributed by atoms with Crippen molar-refractivity contribution in [2.75, 3.05) is 5.73 Å². The maximum atomic E-state index is 12.3. The van der Waals surface area contributed by atoms with Crippen LogP contribution in [0.25, 0.3) is 32.6 Å². The number of hydrogen-bond donors (Lipinski definition) is 6. The molecule has 6 aromatic rings. The van der Waals surface area contributed by atoms with Gasteiger partial charge >= 0.3 is 5.97 Å². The van der Waals surface area contributed by atoms with Gasteiger partial charge in [0.2, 0.25) is 0 Å². The molecule has 0 unspecified atom stereocenters. The van der Waals surface area contributed by atoms with Gasteiger partial charge in [0.25, 0.3) is 30.4 Å². The van der Waals surface area contributed by atoms with Crippen LogP contribution in [0.3, 0.4) is 0 Å². The topological polar surface area (TPSA) is 322 Å². The van der Waals surface area contributed by atoms with E-state index in [1.54, 1.807) is 0 Å². The number of rotatable bonds is 8. The first-order valence-electron chi connectivity index (χ1n) is 13.7. The highest BCUT2D eigenvalue weighted by atomic mass is 32.2. The molecule has 0 fully saturated rings. The van der Waals surface area contributed by atoms with Gasteiger partial charge in [-0.2, -0.15) is 25.3 Å². The molecule has 0 radical (unpaired) electrons. The molecular formula is C29H19N7O12S3. The molecule has 0 amide bonds. The van der Waals surface area contributed by atoms with Gasteiger partial charge in [0.1, 0.15) is 43.0 Å². The molecule has 260 valence electrons. The first-order chi connectivity index (χ1) is 23.8. The van der Waals surface area contributed by atoms with E-state index < -0.39 is 73.8 Å². The Morgan fingerprint density at radius 2 is 1.31 bits per heavy atom. The predicted octanol–water partition coefficient (Wildman–Crippen LogP) is 5.49. The van der Waals surface area contributed by atoms with Crippen LogP contribution in [-0.2, 0) is 30.4 Å². The van der Waals surface area contributed by atoms with E-state index in [4.69, 9.17) is 5.73 Å². The zero-order chi connectivity index (χ0) is 37.0. The second-order valence-electron chi connectivity index (χ2n) is 10.5. The fourth-order valence-electron chi connectivity index (χ4n) is 4.98. The Morgan fingerprint density at radius 1 is 0.667 bits per heavy atom. The minimum Gasteiger partial charge on any atom is -0.505 e. The minimum absolute atomic E-state index is 0.00885. The van der Waals surface area contributed by atoms with E-state index in [9.17, 15) is 53.9 Å². The highest BCUT2D eigenvalue weighted by Crippen LogP contribution is 2.44. The molecule has 0 bridgehead atoms. The number of nitrogens with two attached hydrogens (primary N) is 1. The number of hydrogen-bond acceptors (Lipinski definition) is 15. The molecule has 0 atom stereocenters. The monoisotopic (exact) mass is 753 g/mol. The van der Waals surface area contributed by atoms with Crippen LogP contribution in [0, 0.1) is 0 Å². The van der Waals surface area contributed by atoms with Crippen molar-refractivity contribution in [2.45, 2.75) is 14.7 Å². The third kappa shape index (κ3) is 6.77. The van der Waals surface area contributed by atoms with Crippen LogP contribution in [0.4, 0.5) is 28.4 Å². The standard InChI is InChI=1S/C29H19N7O12S3/c30-18-11-17-14(9-23(18)50(43,44)45)10-24(51(46,47)48)27(28(17)37)36-35-20-7-6-19(16-4-5-21(29(38)39)32-26(16)20)34-33-15-8-13-2-1-3-22(49(40,41)42)25(13)31-12-15/h1-12,37H,30H2,(H,38,39)(H,40,41,42)(H,43,44,45)(H,46,47,48). The SMILES string of the molecule is Nc1cc2c(O)c(N=Nc3ccc(N=Nc4cnc5c(S(=O)(=O)O)cccc5c4)c4ccc(C(=O)O)nc34)c(S(=O)(=O)O)cc2cc1S(=O)(=O)O. The maximum Gasteiger partial charge on any atom is 0.354 e. The number of anilines is 1. The number of carboxylic acids is 1. The molecule has 19 nitrogen and oxygen atoms in total. The van der Waals surface area contributed by atoms with Crippen LogP contribution in [0.1, 0.15) is 10.5 Å². The summed E-state index contributed by atoms with van der Waals surface area (Å²) in [6, 6.07) is 13.2. The van der Waals surface area contributed by atoms with Gasteiger partial charge in [0.15, 0.2) is 5.75 Å². The number of aromatic carboxylic acids is 1. The largest absolute Gasteiger partial charge is 0.505 e. The van der Waals surface area contributed by atoms with E-state index in [-0.39, 0.29) is 44.3 Å². The molecule has 0 aliphatic heterocycles. The molecule has 2 heterocycles. The highest BCUT2D eigenvalue weighted by molar-refractivity contribution is 7.86. The highest BCUT2D eigenvalue weighted by Gasteiger charge is 2.25. The summed E-state index contributed by atoms with van der Waals surface area (Å²) >= 11 is 0. The Morgan fingerprint density at radius 3 is 1.98 bits per heavy atom. The van der Waals surface area contributed by atoms with Gasteiger partial charge in [-0.1, -0.05) is 12.1 Å². The fraction of sp³-hybridized carbons (Fsp3) is 0. The van der Waals surface area contributed by atoms with E-state index in [2.05, 4.69) is 30.4 Å². The average molecular weight is 754 g/mol. The summed E-state index contributed by atoms with van der Waals surface area (Å²) in [6.45, 7) is 0. The van der Waals surface area contributed by atoms with Crippen LogP contribution in [0.2, 0.25) is 0 Å². The number of benzene rings is 4. The van der Waals surface area contributed by atoms with Crippen LogP contribution in [-0.4, -0.2) is 65.1 Å². The first kappa shape index (κ1) is 34.8. The van der Waals surface area contributed by atoms with Crippen molar-refractivity contribution in [3.8, 4) is 5.75 Å². The van der Waals surface area contributed by atoms with E-state index in [1.165, 1.54) is 48.7 Å². The van der Waals surface area contributed by atoms with Crippen LogP contribution in [0.15, 0.2) is 108 Å². The lowest BCUT2D eigenvalue weighted by Crippen LogP contribution is -2.04. The lowest BCUT2D eigenvalue weighted by atomic mass is 10.1. The van der Waals surface area contributed by atoms with Crippen LogP contribution in [0.5, 0.6) is 5.75 Å². The Labute approximate surface area is 285 Å². The average Bonchev–Trinajstić information content (AvgIpc) is 3.05. The summed E-state index contributed by atoms with van der Waals surface area (Å²) in [7, 11) is -14.6. The Hall–Kier alpha value is -6.04. The van der Waals surface area contributed by atoms with E-state index in [1.807, 2.05) is 0 Å². The summed E-state index contributed by atoms with van der Waals surface area (Å²) in [5, 5.41) is 36.6. The normalized spacial score (nSPS) is 12.8. The number of para-hydroxylation sites is 1. The number of nitrogens with zero attached hydrogens (tertiary/aromatic N) is 6. The van der Waals surface area contributed by atoms with Crippen molar-refractivity contribution in [3.63, 3.8) is 0 Å². The number of carboxylic acid groups (broad SMARTS) is 1.